The number of nitrogens with zero attached hydrogens (tertiary/aromatic N) is 5. The summed E-state index contributed by atoms with van der Waals surface area (Å²) in [6, 6.07) is 16.9. The van der Waals surface area contributed by atoms with Crippen LogP contribution in [0, 0.1) is 5.82 Å². The van der Waals surface area contributed by atoms with Crippen LogP contribution in [-0.4, -0.2) is 73.4 Å². The van der Waals surface area contributed by atoms with Gasteiger partial charge in [0.05, 0.1) is 17.3 Å². The number of amides is 1. The lowest BCUT2D eigenvalue weighted by Gasteiger charge is -2.36. The molecule has 1 saturated carbocycles. The summed E-state index contributed by atoms with van der Waals surface area (Å²) in [6.45, 7) is 9.63. The Morgan fingerprint density at radius 1 is 0.978 bits per heavy atom. The van der Waals surface area contributed by atoms with Crippen molar-refractivity contribution >= 4 is 17.1 Å². The average molecular weight is 615 g/mol. The molecule has 45 heavy (non-hydrogen) atoms. The van der Waals surface area contributed by atoms with Gasteiger partial charge in [0, 0.05) is 50.8 Å². The molecular formula is C34H39FN6O4. The van der Waals surface area contributed by atoms with Gasteiger partial charge in [-0.15, -0.1) is 0 Å². The van der Waals surface area contributed by atoms with Crippen LogP contribution in [0.25, 0.3) is 27.8 Å². The number of nitrogens with one attached hydrogen (secondary N) is 1. The van der Waals surface area contributed by atoms with E-state index in [1.807, 2.05) is 18.2 Å². The molecule has 1 aliphatic heterocycles. The first-order valence-corrected chi connectivity index (χ1v) is 15.7. The first-order chi connectivity index (χ1) is 21.7. The van der Waals surface area contributed by atoms with E-state index in [-0.39, 0.29) is 17.1 Å². The lowest BCUT2D eigenvalue weighted by Crippen LogP contribution is -2.48. The van der Waals surface area contributed by atoms with E-state index in [0.29, 0.717) is 37.4 Å². The fraction of sp³-hybridized carbons (Fsp3) is 0.412. The Morgan fingerprint density at radius 3 is 2.36 bits per heavy atom. The number of hydrogen-bond donors (Lipinski definition) is 2. The number of pyridine rings is 1. The molecule has 6 rings (SSSR count). The van der Waals surface area contributed by atoms with E-state index >= 15 is 0 Å². The minimum absolute atomic E-state index is 0.0179. The highest BCUT2D eigenvalue weighted by Crippen LogP contribution is 2.28. The van der Waals surface area contributed by atoms with Gasteiger partial charge in [0.25, 0.3) is 5.56 Å². The summed E-state index contributed by atoms with van der Waals surface area (Å²) in [5.41, 5.74) is 2.58. The van der Waals surface area contributed by atoms with Crippen LogP contribution in [0.15, 0.2) is 70.4 Å². The van der Waals surface area contributed by atoms with Crippen LogP contribution >= 0.6 is 0 Å². The van der Waals surface area contributed by atoms with E-state index < -0.39 is 29.2 Å². The molecule has 2 fully saturated rings. The van der Waals surface area contributed by atoms with E-state index in [4.69, 9.17) is 5.11 Å². The van der Waals surface area contributed by atoms with Gasteiger partial charge in [0.2, 0.25) is 0 Å². The highest BCUT2D eigenvalue weighted by Gasteiger charge is 2.28. The van der Waals surface area contributed by atoms with E-state index in [1.165, 1.54) is 14.7 Å². The van der Waals surface area contributed by atoms with Crippen LogP contribution < -0.4 is 16.6 Å². The summed E-state index contributed by atoms with van der Waals surface area (Å²) in [4.78, 5) is 47.9. The van der Waals surface area contributed by atoms with Crippen LogP contribution in [0.3, 0.4) is 0 Å². The van der Waals surface area contributed by atoms with Crippen molar-refractivity contribution in [3.05, 3.63) is 93.0 Å². The van der Waals surface area contributed by atoms with Gasteiger partial charge in [-0.1, -0.05) is 36.4 Å². The van der Waals surface area contributed by atoms with Crippen molar-refractivity contribution in [2.24, 2.45) is 0 Å². The molecule has 2 aliphatic rings. The van der Waals surface area contributed by atoms with Gasteiger partial charge >= 0.3 is 11.8 Å². The number of piperazine rings is 1. The molecule has 3 heterocycles. The van der Waals surface area contributed by atoms with E-state index in [1.54, 1.807) is 6.07 Å². The van der Waals surface area contributed by atoms with Gasteiger partial charge in [-0.3, -0.25) is 19.2 Å². The SMILES string of the molecule is CC(C)N1CCN(Cc2ccc(-c3cccc(-n4c(=O)n([C@H]5CC[C@@H](NC(=O)O)CC5)c(=O)c5cc(F)cnc54)c3)cc2)CC1. The molecular weight excluding hydrogens is 575 g/mol. The van der Waals surface area contributed by atoms with Crippen molar-refractivity contribution in [2.45, 2.75) is 64.2 Å². The molecule has 10 nitrogen and oxygen atoms in total. The summed E-state index contributed by atoms with van der Waals surface area (Å²) < 4.78 is 16.9. The number of hydrogen-bond acceptors (Lipinski definition) is 6. The van der Waals surface area contributed by atoms with Gasteiger partial charge in [-0.05, 0) is 74.4 Å². The van der Waals surface area contributed by atoms with Crippen molar-refractivity contribution in [3.8, 4) is 16.8 Å². The third-order valence-corrected chi connectivity index (χ3v) is 9.22. The average Bonchev–Trinajstić information content (AvgIpc) is 3.03. The molecule has 0 radical (unpaired) electrons. The lowest BCUT2D eigenvalue weighted by atomic mass is 9.91. The molecule has 1 aliphatic carbocycles. The Morgan fingerprint density at radius 2 is 1.69 bits per heavy atom. The molecule has 2 aromatic heterocycles. The van der Waals surface area contributed by atoms with E-state index in [9.17, 15) is 18.8 Å². The number of halogens is 1. The maximum absolute atomic E-state index is 14.3. The van der Waals surface area contributed by atoms with Crippen LogP contribution in [0.2, 0.25) is 0 Å². The second kappa shape index (κ2) is 12.9. The summed E-state index contributed by atoms with van der Waals surface area (Å²) in [7, 11) is 0. The zero-order valence-electron chi connectivity index (χ0n) is 25.7. The van der Waals surface area contributed by atoms with Gasteiger partial charge in [-0.25, -0.2) is 23.5 Å². The van der Waals surface area contributed by atoms with Crippen molar-refractivity contribution in [3.63, 3.8) is 0 Å². The van der Waals surface area contributed by atoms with Gasteiger partial charge < -0.3 is 10.4 Å². The zero-order valence-corrected chi connectivity index (χ0v) is 25.7. The largest absolute Gasteiger partial charge is 0.465 e. The van der Waals surface area contributed by atoms with E-state index in [2.05, 4.69) is 58.2 Å². The van der Waals surface area contributed by atoms with Crippen LogP contribution in [0.1, 0.15) is 51.1 Å². The maximum Gasteiger partial charge on any atom is 0.404 e. The normalized spacial score (nSPS) is 19.6. The van der Waals surface area contributed by atoms with Crippen LogP contribution in [0.5, 0.6) is 0 Å². The molecule has 0 spiro atoms. The third kappa shape index (κ3) is 6.55. The Bertz CT molecular complexity index is 1800. The molecule has 1 amide bonds. The van der Waals surface area contributed by atoms with Gasteiger partial charge in [0.1, 0.15) is 5.82 Å². The fourth-order valence-corrected chi connectivity index (χ4v) is 6.71. The molecule has 1 saturated heterocycles. The van der Waals surface area contributed by atoms with Crippen LogP contribution in [0.4, 0.5) is 9.18 Å². The monoisotopic (exact) mass is 614 g/mol. The minimum atomic E-state index is -1.10. The van der Waals surface area contributed by atoms with E-state index in [0.717, 1.165) is 56.1 Å². The van der Waals surface area contributed by atoms with Crippen molar-refractivity contribution in [2.75, 3.05) is 26.2 Å². The maximum atomic E-state index is 14.3. The first-order valence-electron chi connectivity index (χ1n) is 15.7. The summed E-state index contributed by atoms with van der Waals surface area (Å²) >= 11 is 0. The second-order valence-electron chi connectivity index (χ2n) is 12.4. The zero-order chi connectivity index (χ0) is 31.7. The minimum Gasteiger partial charge on any atom is -0.465 e. The Balaban J connectivity index is 1.30. The number of fused-ring (bicyclic) bond motifs is 1. The van der Waals surface area contributed by atoms with Gasteiger partial charge in [0.15, 0.2) is 5.65 Å². The molecule has 11 heteroatoms. The molecule has 2 N–H and O–H groups in total. The summed E-state index contributed by atoms with van der Waals surface area (Å²) in [6.07, 6.45) is 1.77. The highest BCUT2D eigenvalue weighted by atomic mass is 19.1. The number of benzene rings is 2. The predicted molar refractivity (Wildman–Crippen MR) is 171 cm³/mol. The Hall–Kier alpha value is -4.35. The number of carboxylic acid groups (broad SMARTS) is 1. The fourth-order valence-electron chi connectivity index (χ4n) is 6.71. The predicted octanol–water partition coefficient (Wildman–Crippen LogP) is 4.63. The second-order valence-corrected chi connectivity index (χ2v) is 12.4. The third-order valence-electron chi connectivity index (χ3n) is 9.22. The van der Waals surface area contributed by atoms with Crippen LogP contribution in [-0.2, 0) is 6.54 Å². The molecule has 236 valence electrons. The standard InChI is InChI=1S/C34H39FN6O4/c1-22(2)39-16-14-38(15-17-39)21-23-6-8-24(9-7-23)25-4-3-5-29(18-25)40-31-30(19-26(35)20-36-31)32(42)41(34(40)45)28-12-10-27(11-13-28)37-33(43)44/h3-9,18-20,22,27-28,37H,10-17,21H2,1-2H3,(H,43,44)/t27-,28+. The summed E-state index contributed by atoms with van der Waals surface area (Å²) in [5, 5.41) is 11.6. The highest BCUT2D eigenvalue weighted by molar-refractivity contribution is 5.76. The number of carbonyl (C=O) groups is 1. The van der Waals surface area contributed by atoms with Crippen molar-refractivity contribution < 1.29 is 14.3 Å². The topological polar surface area (TPSA) is 113 Å². The number of aromatic nitrogens is 3. The Labute approximate surface area is 260 Å². The number of rotatable bonds is 7. The first kappa shape index (κ1) is 30.7. The van der Waals surface area contributed by atoms with Crippen molar-refractivity contribution in [1.29, 1.82) is 0 Å². The van der Waals surface area contributed by atoms with Gasteiger partial charge in [-0.2, -0.15) is 0 Å². The summed E-state index contributed by atoms with van der Waals surface area (Å²) in [5.74, 6) is -0.665. The molecule has 0 unspecified atom stereocenters. The Kier molecular flexibility index (Phi) is 8.82. The molecule has 0 bridgehead atoms. The molecule has 4 aromatic rings. The van der Waals surface area contributed by atoms with Crippen molar-refractivity contribution in [1.82, 2.24) is 29.2 Å². The smallest absolute Gasteiger partial charge is 0.404 e. The quantitative estimate of drug-likeness (QED) is 0.312. The molecule has 2 aromatic carbocycles. The molecule has 0 atom stereocenters. The lowest BCUT2D eigenvalue weighted by molar-refractivity contribution is 0.104.